The number of nitrogens with one attached hydrogen (secondary N) is 2. The highest BCUT2D eigenvalue weighted by Gasteiger charge is 2.17. The first-order valence-corrected chi connectivity index (χ1v) is 10.0. The second-order valence-electron chi connectivity index (χ2n) is 8.13. The zero-order valence-electron chi connectivity index (χ0n) is 17.9. The molecule has 154 valence electrons. The summed E-state index contributed by atoms with van der Waals surface area (Å²) < 4.78 is 0. The van der Waals surface area contributed by atoms with E-state index in [2.05, 4.69) is 55.0 Å². The number of nitriles is 1. The Morgan fingerprint density at radius 1 is 1.37 bits per heavy atom. The Hall–Kier alpha value is -3.21. The Bertz CT molecular complexity index is 1080. The molecule has 5 heteroatoms. The number of fused-ring (bicyclic) bond motifs is 1. The Labute approximate surface area is 184 Å². The molecule has 0 aliphatic heterocycles. The topological polar surface area (TPSA) is 60.7 Å². The third-order valence-electron chi connectivity index (χ3n) is 4.30. The second-order valence-corrected chi connectivity index (χ2v) is 8.54. The molecule has 0 saturated heterocycles. The summed E-state index contributed by atoms with van der Waals surface area (Å²) in [6.45, 7) is 13.1. The van der Waals surface area contributed by atoms with Gasteiger partial charge in [-0.25, -0.2) is 0 Å². The molecule has 1 aromatic heterocycles. The fraction of sp³-hybridized carbons (Fsp3) is 0.280. The van der Waals surface area contributed by atoms with Crippen LogP contribution in [0.1, 0.15) is 33.3 Å². The molecule has 0 bridgehead atoms. The van der Waals surface area contributed by atoms with E-state index in [0.29, 0.717) is 28.3 Å². The van der Waals surface area contributed by atoms with E-state index in [1.807, 2.05) is 37.3 Å². The highest BCUT2D eigenvalue weighted by Crippen LogP contribution is 2.34. The van der Waals surface area contributed by atoms with Gasteiger partial charge in [0, 0.05) is 23.8 Å². The summed E-state index contributed by atoms with van der Waals surface area (Å²) >= 11 is 6.52. The van der Waals surface area contributed by atoms with Crippen molar-refractivity contribution in [1.82, 2.24) is 4.98 Å². The van der Waals surface area contributed by atoms with E-state index < -0.39 is 6.04 Å². The van der Waals surface area contributed by atoms with Crippen molar-refractivity contribution in [3.05, 3.63) is 65.4 Å². The third-order valence-corrected chi connectivity index (χ3v) is 4.59. The van der Waals surface area contributed by atoms with Gasteiger partial charge in [0.2, 0.25) is 0 Å². The van der Waals surface area contributed by atoms with Crippen LogP contribution >= 0.6 is 11.6 Å². The lowest BCUT2D eigenvalue weighted by Crippen LogP contribution is -2.20. The fourth-order valence-electron chi connectivity index (χ4n) is 2.77. The molecule has 0 spiro atoms. The van der Waals surface area contributed by atoms with Crippen LogP contribution < -0.4 is 10.6 Å². The van der Waals surface area contributed by atoms with Crippen LogP contribution in [0.3, 0.4) is 0 Å². The van der Waals surface area contributed by atoms with Crippen molar-refractivity contribution in [2.75, 3.05) is 17.2 Å². The van der Waals surface area contributed by atoms with Crippen molar-refractivity contribution >= 4 is 33.9 Å². The van der Waals surface area contributed by atoms with Crippen LogP contribution in [0.15, 0.2) is 54.8 Å². The number of hydrogen-bond acceptors (Lipinski definition) is 4. The Morgan fingerprint density at radius 2 is 2.10 bits per heavy atom. The van der Waals surface area contributed by atoms with Crippen molar-refractivity contribution in [1.29, 1.82) is 5.26 Å². The quantitative estimate of drug-likeness (QED) is 0.408. The number of hydrogen-bond donors (Lipinski definition) is 2. The number of rotatable bonds is 7. The first-order valence-electron chi connectivity index (χ1n) is 9.67. The SMILES string of the molecule is C#C[C@@H](Nc1cc(Cl)c2ncc(C#N)c(NCC(C)(C)C)c2c1)C(=C)/C=C\C=C/C. The van der Waals surface area contributed by atoms with Crippen LogP contribution in [0, 0.1) is 29.1 Å². The van der Waals surface area contributed by atoms with Gasteiger partial charge in [-0.2, -0.15) is 5.26 Å². The lowest BCUT2D eigenvalue weighted by Gasteiger charge is -2.22. The van der Waals surface area contributed by atoms with E-state index in [1.165, 1.54) is 0 Å². The maximum atomic E-state index is 9.58. The summed E-state index contributed by atoms with van der Waals surface area (Å²) in [6, 6.07) is 5.50. The molecule has 0 saturated carbocycles. The number of allylic oxidation sites excluding steroid dienone is 3. The van der Waals surface area contributed by atoms with Crippen LogP contribution in [0.4, 0.5) is 11.4 Å². The van der Waals surface area contributed by atoms with Gasteiger partial charge in [0.25, 0.3) is 0 Å². The standard InChI is InChI=1S/C25H27ClN4/c1-7-9-10-11-17(3)22(8-2)30-19-12-20-23(29-16-25(4,5)6)18(14-27)15-28-24(20)21(26)13-19/h2,7,9-13,15,22,30H,3,16H2,1,4-6H3,(H,28,29)/b9-7-,11-10-/t22-/m1/s1. The van der Waals surface area contributed by atoms with E-state index in [9.17, 15) is 5.26 Å². The Kier molecular flexibility index (Phi) is 7.70. The summed E-state index contributed by atoms with van der Waals surface area (Å²) in [7, 11) is 0. The summed E-state index contributed by atoms with van der Waals surface area (Å²) in [5.74, 6) is 2.71. The maximum absolute atomic E-state index is 9.58. The zero-order chi connectivity index (χ0) is 22.3. The number of aromatic nitrogens is 1. The average molecular weight is 419 g/mol. The van der Waals surface area contributed by atoms with Gasteiger partial charge in [0.15, 0.2) is 0 Å². The first kappa shape index (κ1) is 23.1. The third kappa shape index (κ3) is 5.89. The van der Waals surface area contributed by atoms with Crippen molar-refractivity contribution < 1.29 is 0 Å². The van der Waals surface area contributed by atoms with Gasteiger partial charge < -0.3 is 10.6 Å². The van der Waals surface area contributed by atoms with Crippen LogP contribution in [-0.2, 0) is 0 Å². The van der Waals surface area contributed by atoms with Gasteiger partial charge in [-0.05, 0) is 30.0 Å². The Balaban J connectivity index is 2.49. The number of benzene rings is 1. The molecule has 2 N–H and O–H groups in total. The van der Waals surface area contributed by atoms with Gasteiger partial charge in [-0.3, -0.25) is 4.98 Å². The van der Waals surface area contributed by atoms with E-state index in [-0.39, 0.29) is 5.41 Å². The number of pyridine rings is 1. The molecule has 2 rings (SSSR count). The minimum atomic E-state index is -0.405. The van der Waals surface area contributed by atoms with Gasteiger partial charge >= 0.3 is 0 Å². The molecule has 1 heterocycles. The predicted octanol–water partition coefficient (Wildman–Crippen LogP) is 6.32. The molecule has 0 aliphatic rings. The van der Waals surface area contributed by atoms with E-state index in [4.69, 9.17) is 18.0 Å². The molecular weight excluding hydrogens is 392 g/mol. The zero-order valence-corrected chi connectivity index (χ0v) is 18.6. The molecule has 0 unspecified atom stereocenters. The molecule has 2 aromatic rings. The normalized spacial score (nSPS) is 12.6. The minimum Gasteiger partial charge on any atom is -0.383 e. The van der Waals surface area contributed by atoms with E-state index in [0.717, 1.165) is 16.6 Å². The summed E-state index contributed by atoms with van der Waals surface area (Å²) in [5, 5.41) is 17.5. The summed E-state index contributed by atoms with van der Waals surface area (Å²) in [5.41, 5.74) is 3.32. The van der Waals surface area contributed by atoms with Gasteiger partial charge in [0.1, 0.15) is 12.1 Å². The minimum absolute atomic E-state index is 0.0353. The number of terminal acetylenes is 1. The van der Waals surface area contributed by atoms with Crippen molar-refractivity contribution in [2.24, 2.45) is 5.41 Å². The van der Waals surface area contributed by atoms with Crippen LogP contribution in [0.5, 0.6) is 0 Å². The molecule has 30 heavy (non-hydrogen) atoms. The number of anilines is 2. The molecule has 0 fully saturated rings. The molecule has 4 nitrogen and oxygen atoms in total. The van der Waals surface area contributed by atoms with Crippen molar-refractivity contribution in [2.45, 2.75) is 33.7 Å². The van der Waals surface area contributed by atoms with Gasteiger partial charge in [-0.1, -0.05) is 69.2 Å². The molecule has 0 radical (unpaired) electrons. The average Bonchev–Trinajstić information content (AvgIpc) is 2.69. The first-order chi connectivity index (χ1) is 14.2. The summed E-state index contributed by atoms with van der Waals surface area (Å²) in [4.78, 5) is 4.38. The number of halogens is 1. The Morgan fingerprint density at radius 3 is 2.70 bits per heavy atom. The maximum Gasteiger partial charge on any atom is 0.113 e. The largest absolute Gasteiger partial charge is 0.383 e. The van der Waals surface area contributed by atoms with Crippen LogP contribution in [0.2, 0.25) is 5.02 Å². The van der Waals surface area contributed by atoms with Crippen molar-refractivity contribution in [3.63, 3.8) is 0 Å². The summed E-state index contributed by atoms with van der Waals surface area (Å²) in [6.07, 6.45) is 14.9. The highest BCUT2D eigenvalue weighted by atomic mass is 35.5. The highest BCUT2D eigenvalue weighted by molar-refractivity contribution is 6.35. The predicted molar refractivity (Wildman–Crippen MR) is 129 cm³/mol. The molecule has 0 amide bonds. The number of nitrogens with zero attached hydrogens (tertiary/aromatic N) is 2. The monoisotopic (exact) mass is 418 g/mol. The molecule has 1 aromatic carbocycles. The van der Waals surface area contributed by atoms with Crippen LogP contribution in [0.25, 0.3) is 10.9 Å². The molecule has 1 atom stereocenters. The second kappa shape index (κ2) is 10.0. The molecular formula is C25H27ClN4. The smallest absolute Gasteiger partial charge is 0.113 e. The lowest BCUT2D eigenvalue weighted by atomic mass is 9.96. The van der Waals surface area contributed by atoms with Gasteiger partial charge in [0.05, 0.1) is 21.8 Å². The molecule has 0 aliphatic carbocycles. The lowest BCUT2D eigenvalue weighted by molar-refractivity contribution is 0.443. The van der Waals surface area contributed by atoms with E-state index in [1.54, 1.807) is 12.3 Å². The van der Waals surface area contributed by atoms with Gasteiger partial charge in [-0.15, -0.1) is 6.42 Å². The van der Waals surface area contributed by atoms with Crippen molar-refractivity contribution in [3.8, 4) is 18.4 Å². The van der Waals surface area contributed by atoms with E-state index >= 15 is 0 Å². The fourth-order valence-corrected chi connectivity index (χ4v) is 3.03. The van der Waals surface area contributed by atoms with Crippen LogP contribution in [-0.4, -0.2) is 17.6 Å².